The fourth-order valence-electron chi connectivity index (χ4n) is 27.0. The van der Waals surface area contributed by atoms with Gasteiger partial charge in [0.05, 0.1) is 67.8 Å². The van der Waals surface area contributed by atoms with E-state index in [-0.39, 0.29) is 142 Å². The van der Waals surface area contributed by atoms with Crippen molar-refractivity contribution in [3.8, 4) is 0 Å². The number of carbonyl (C=O) groups is 15. The van der Waals surface area contributed by atoms with Gasteiger partial charge in [-0.2, -0.15) is 0 Å². The lowest BCUT2D eigenvalue weighted by Crippen LogP contribution is -2.65. The third kappa shape index (κ3) is 26.2. The molecule has 0 unspecified atom stereocenters. The van der Waals surface area contributed by atoms with Gasteiger partial charge in [0.2, 0.25) is 35.1 Å². The molecule has 9 N–H and O–H groups in total. The number of piperidine rings is 3. The Morgan fingerprint density at radius 2 is 0.662 bits per heavy atom. The number of amides is 12. The normalized spacial score (nSPS) is 29.0. The van der Waals surface area contributed by atoms with E-state index in [9.17, 15) is 97.2 Å². The molecular weight excluding hydrogens is 1910 g/mol. The minimum absolute atomic E-state index is 0.0366. The number of ketones is 6. The molecule has 14 aliphatic rings. The summed E-state index contributed by atoms with van der Waals surface area (Å²) in [6, 6.07) is -6.89. The number of nitrogens with one attached hydrogen (secondary N) is 9. The maximum Gasteiger partial charge on any atom is 0.315 e. The van der Waals surface area contributed by atoms with E-state index in [0.717, 1.165) is 103 Å². The van der Waals surface area contributed by atoms with Gasteiger partial charge < -0.3 is 62.6 Å². The first-order chi connectivity index (χ1) is 67.8. The van der Waals surface area contributed by atoms with Gasteiger partial charge in [-0.15, -0.1) is 13.2 Å². The van der Waals surface area contributed by atoms with E-state index >= 15 is 0 Å². The first kappa shape index (κ1) is 116. The van der Waals surface area contributed by atoms with Crippen LogP contribution in [0.4, 0.5) is 14.4 Å². The van der Waals surface area contributed by atoms with Crippen LogP contribution in [0.15, 0.2) is 25.3 Å². The number of nitrogens with zero attached hydrogens (tertiary/aromatic N) is 3. The second kappa shape index (κ2) is 45.6. The minimum Gasteiger partial charge on any atom is -0.347 e. The number of hydrogen-bond donors (Lipinski definition) is 9. The summed E-state index contributed by atoms with van der Waals surface area (Å²) < 4.78 is 78.7. The van der Waals surface area contributed by atoms with Gasteiger partial charge in [0, 0.05) is 75.8 Å². The molecule has 6 saturated heterocycles. The smallest absolute Gasteiger partial charge is 0.315 e. The Morgan fingerprint density at radius 1 is 0.372 bits per heavy atom. The summed E-state index contributed by atoms with van der Waals surface area (Å²) in [5, 5.41) is 24.0. The van der Waals surface area contributed by atoms with Gasteiger partial charge in [0.25, 0.3) is 17.7 Å². The highest BCUT2D eigenvalue weighted by molar-refractivity contribution is 7.92. The topological polar surface area (TPSA) is 476 Å². The van der Waals surface area contributed by atoms with Crippen LogP contribution in [0.5, 0.6) is 0 Å². The third-order valence-electron chi connectivity index (χ3n) is 36.0. The maximum atomic E-state index is 14.5. The number of urea groups is 3. The number of hydrogen-bond acceptors (Lipinski definition) is 21. The SMILES string of the molecule is C=CCNC(=O)C(=O)[C@@H](CC(=O)[C@@H]1[C@@H]2[C@H](CN1C(=O)[C@@H](NC(=O)NC1([C@@H]3CCCCS3(=O)=O)CCCCC1)C(C)(C)C)C2(C)C)CC1CC1.C=CCNC(=O)C(=O)[C@H](CCCC)CC(=O)[C@@H]1[C@@H]2[C@H](CN1C(=O)[C@@H](NC(=O)NC1([C@H]3CCCS3(=O)=O)CCCCC1)C(C)(C)C)C2(C)C.CCCC[C@H](CC(=O)[C@@H]1[C@@H]2[C@H](CN1C(=O)[C@@H](NC(=O)NC1([C@H]3CCCS3(=O)=O)CCCCC1)C(C)(C)C)C2(C)C)C(=O)C(=O)NC1CC1. The van der Waals surface area contributed by atoms with Crippen molar-refractivity contribution >= 4 is 118 Å². The first-order valence-electron chi connectivity index (χ1n) is 54.9. The molecule has 8 aliphatic carbocycles. The molecule has 14 fully saturated rings. The molecule has 12 amide bonds. The Hall–Kier alpha value is -8.02. The van der Waals surface area contributed by atoms with E-state index < -0.39 is 185 Å². The van der Waals surface area contributed by atoms with Crippen LogP contribution in [0.25, 0.3) is 0 Å². The predicted molar refractivity (Wildman–Crippen MR) is 554 cm³/mol. The Morgan fingerprint density at radius 3 is 0.938 bits per heavy atom. The van der Waals surface area contributed by atoms with Crippen LogP contribution in [0.1, 0.15) is 349 Å². The van der Waals surface area contributed by atoms with Gasteiger partial charge in [-0.05, 0) is 183 Å². The molecule has 18 atom stereocenters. The zero-order chi connectivity index (χ0) is 107. The van der Waals surface area contributed by atoms with E-state index in [1.807, 2.05) is 76.2 Å². The van der Waals surface area contributed by atoms with Crippen LogP contribution in [-0.2, 0) is 87.0 Å². The molecule has 145 heavy (non-hydrogen) atoms. The summed E-state index contributed by atoms with van der Waals surface area (Å²) in [5.41, 5.74) is -5.27. The van der Waals surface area contributed by atoms with Crippen molar-refractivity contribution in [1.29, 1.82) is 0 Å². The average Bonchev–Trinajstić information content (AvgIpc) is 1.53. The van der Waals surface area contributed by atoms with Gasteiger partial charge >= 0.3 is 18.1 Å². The second-order valence-corrected chi connectivity index (χ2v) is 57.7. The molecule has 0 aromatic carbocycles. The lowest BCUT2D eigenvalue weighted by molar-refractivity contribution is -0.145. The minimum atomic E-state index is -3.38. The van der Waals surface area contributed by atoms with Gasteiger partial charge in [-0.25, -0.2) is 39.6 Å². The highest BCUT2D eigenvalue weighted by Crippen LogP contribution is 2.68. The maximum absolute atomic E-state index is 14.5. The largest absolute Gasteiger partial charge is 0.347 e. The van der Waals surface area contributed by atoms with Gasteiger partial charge in [0.15, 0.2) is 46.9 Å². The molecule has 14 rings (SSSR count). The number of carbonyl (C=O) groups excluding carboxylic acids is 15. The third-order valence-corrected chi connectivity index (χ3v) is 43.3. The summed E-state index contributed by atoms with van der Waals surface area (Å²) in [4.78, 5) is 210. The molecule has 8 saturated carbocycles. The molecule has 0 radical (unpaired) electrons. The van der Waals surface area contributed by atoms with Crippen LogP contribution in [0.3, 0.4) is 0 Å². The zero-order valence-electron chi connectivity index (χ0n) is 89.9. The number of likely N-dealkylation sites (tertiary alicyclic amines) is 3. The number of Topliss-reactive ketones (excluding diaryl/α,β-unsaturated/α-hetero) is 6. The molecule has 33 nitrogen and oxygen atoms in total. The monoisotopic (exact) mass is 2080 g/mol. The quantitative estimate of drug-likeness (QED) is 0.0203. The van der Waals surface area contributed by atoms with Crippen LogP contribution < -0.4 is 47.9 Å². The summed E-state index contributed by atoms with van der Waals surface area (Å²) in [6.45, 7) is 41.8. The van der Waals surface area contributed by atoms with Crippen molar-refractivity contribution in [2.45, 2.75) is 424 Å². The highest BCUT2D eigenvalue weighted by atomic mass is 32.2. The van der Waals surface area contributed by atoms with Crippen molar-refractivity contribution in [3.63, 3.8) is 0 Å². The lowest BCUT2D eigenvalue weighted by Gasteiger charge is -2.45. The van der Waals surface area contributed by atoms with Crippen molar-refractivity contribution in [1.82, 2.24) is 62.6 Å². The number of sulfone groups is 3. The van der Waals surface area contributed by atoms with Crippen LogP contribution in [0.2, 0.25) is 0 Å². The molecule has 6 heterocycles. The fourth-order valence-corrected chi connectivity index (χ4v) is 34.1. The molecule has 6 aliphatic heterocycles. The van der Waals surface area contributed by atoms with Crippen molar-refractivity contribution in [2.24, 2.45) is 91.7 Å². The van der Waals surface area contributed by atoms with Crippen molar-refractivity contribution < 1.29 is 97.2 Å². The molecule has 0 spiro atoms. The summed E-state index contributed by atoms with van der Waals surface area (Å²) in [6.07, 6.45) is 26.1. The molecule has 36 heteroatoms. The van der Waals surface area contributed by atoms with Crippen LogP contribution in [-0.4, -0.2) is 253 Å². The van der Waals surface area contributed by atoms with Gasteiger partial charge in [0.1, 0.15) is 18.1 Å². The Kier molecular flexibility index (Phi) is 36.4. The Labute approximate surface area is 862 Å². The summed E-state index contributed by atoms with van der Waals surface area (Å²) in [7, 11) is -10.1. The molecular formula is C109H174N12O21S3. The molecule has 0 bridgehead atoms. The standard InChI is InChI=1S/C37H58N4O7S.2C36H58N4O7S/c1-7-18-38-32(44)30(43)24(20-23-14-15-23)21-26(42)29-28-25(36(28,5)6)22-41(29)33(45)31(35(2,3)4)39-34(46)40-37(16-10-8-11-17-37)27-13-9-12-19-49(27,47)48;1-7-8-13-22(29(42)31(43)37-23-15-16-23)20-25(41)28-27-24(35(27,5)6)21-40(28)32(44)30(34(2,3)4)38-33(45)39-36(17-10-9-11-18-36)26-14-12-19-48(26,46)47;1-8-10-15-23(29(42)31(43)37-19-9-2)21-25(41)28-27-24(35(27,6)7)22-40(28)32(44)30(34(3,4)5)38-33(45)39-36(17-12-11-13-18-36)26-16-14-20-48(26,46)47/h7,23-25,27-29,31H,1,8-22H2,2-6H3,(H,38,44)(H2,39,40,46);22-24,26-28,30H,7-21H2,1-6H3,(H,37,43)(H2,38,39,45);9,23-24,26-28,30H,2,8,10-22H2,1,3-7H3,(H,37,43)(H2,38,39,45)/t24-,25+,27+,28+,29-,31-;22-,24+,26-,27+,28-,30-;23-,24+,26-,27+,28-,30-/m111/s1. The summed E-state index contributed by atoms with van der Waals surface area (Å²) in [5.74, 6) is -7.13. The molecule has 814 valence electrons. The van der Waals surface area contributed by atoms with Gasteiger partial charge in [-0.1, -0.05) is 233 Å². The van der Waals surface area contributed by atoms with E-state index in [2.05, 4.69) is 103 Å². The van der Waals surface area contributed by atoms with E-state index in [1.54, 1.807) is 14.7 Å². The molecule has 0 aromatic rings. The van der Waals surface area contributed by atoms with Crippen LogP contribution in [0, 0.1) is 91.7 Å². The van der Waals surface area contributed by atoms with Crippen molar-refractivity contribution in [2.75, 3.05) is 50.0 Å². The van der Waals surface area contributed by atoms with Gasteiger partial charge in [-0.3, -0.25) is 57.5 Å². The Balaban J connectivity index is 0.000000194. The van der Waals surface area contributed by atoms with E-state index in [0.29, 0.717) is 135 Å². The average molecular weight is 2080 g/mol. The first-order valence-corrected chi connectivity index (χ1v) is 60.0. The second-order valence-electron chi connectivity index (χ2n) is 50.8. The van der Waals surface area contributed by atoms with Crippen molar-refractivity contribution in [3.05, 3.63) is 25.3 Å². The van der Waals surface area contributed by atoms with Crippen LogP contribution >= 0.6 is 0 Å². The zero-order valence-corrected chi connectivity index (χ0v) is 92.3. The Bertz CT molecular complexity index is 5220. The van der Waals surface area contributed by atoms with E-state index in [4.69, 9.17) is 0 Å². The highest BCUT2D eigenvalue weighted by Gasteiger charge is 2.73. The number of unbranched alkanes of at least 4 members (excludes halogenated alkanes) is 2. The predicted octanol–water partition coefficient (Wildman–Crippen LogP) is 12.3. The summed E-state index contributed by atoms with van der Waals surface area (Å²) >= 11 is 0. The fraction of sp³-hybridized carbons (Fsp3) is 0.826. The molecule has 0 aromatic heterocycles. The van der Waals surface area contributed by atoms with E-state index in [1.165, 1.54) is 12.2 Å². The number of rotatable bonds is 40. The lowest BCUT2D eigenvalue weighted by atomic mass is 9.77. The number of fused-ring (bicyclic) bond motifs is 3.